The number of fused-ring (bicyclic) bond motifs is 1. The Kier molecular flexibility index (Phi) is 14.9. The van der Waals surface area contributed by atoms with Gasteiger partial charge in [0.05, 0.1) is 13.7 Å². The molecule has 2 heterocycles. The molecule has 2 aliphatic rings. The zero-order valence-electron chi connectivity index (χ0n) is 28.2. The second-order valence-corrected chi connectivity index (χ2v) is 11.9. The number of ether oxygens (including phenoxy) is 3. The van der Waals surface area contributed by atoms with E-state index in [-0.39, 0.29) is 5.82 Å². The van der Waals surface area contributed by atoms with E-state index < -0.39 is 0 Å². The number of aldehydes is 1. The number of nitrogens with zero attached hydrogens (tertiary/aromatic N) is 2. The largest absolute Gasteiger partial charge is 0.496 e. The molecule has 0 bridgehead atoms. The minimum atomic E-state index is -0.121. The van der Waals surface area contributed by atoms with E-state index in [1.54, 1.807) is 13.2 Å². The molecule has 7 heteroatoms. The first-order chi connectivity index (χ1) is 22.4. The maximum absolute atomic E-state index is 13.2. The van der Waals surface area contributed by atoms with Crippen LogP contribution in [0.2, 0.25) is 0 Å². The lowest BCUT2D eigenvalue weighted by atomic mass is 9.94. The number of para-hydroxylation sites is 1. The van der Waals surface area contributed by atoms with Crippen molar-refractivity contribution >= 4 is 12.0 Å². The fraction of sp³-hybridized carbons (Fsp3) is 0.462. The van der Waals surface area contributed by atoms with Crippen molar-refractivity contribution in [1.29, 1.82) is 0 Å². The number of methoxy groups -OCH3 is 1. The smallest absolute Gasteiger partial charge is 0.231 e. The summed E-state index contributed by atoms with van der Waals surface area (Å²) in [5.74, 6) is 2.86. The summed E-state index contributed by atoms with van der Waals surface area (Å²) in [7, 11) is 3.82. The van der Waals surface area contributed by atoms with Gasteiger partial charge >= 0.3 is 0 Å². The van der Waals surface area contributed by atoms with Gasteiger partial charge in [-0.05, 0) is 98.0 Å². The second-order valence-electron chi connectivity index (χ2n) is 11.9. The van der Waals surface area contributed by atoms with Crippen LogP contribution in [0.25, 0.3) is 0 Å². The molecule has 0 radical (unpaired) electrons. The van der Waals surface area contributed by atoms with Crippen molar-refractivity contribution in [3.63, 3.8) is 0 Å². The van der Waals surface area contributed by atoms with Gasteiger partial charge in [0.2, 0.25) is 6.79 Å². The Hall–Kier alpha value is -4.02. The van der Waals surface area contributed by atoms with Crippen molar-refractivity contribution in [2.24, 2.45) is 0 Å². The van der Waals surface area contributed by atoms with Crippen LogP contribution >= 0.6 is 0 Å². The molecule has 0 spiro atoms. The highest BCUT2D eigenvalue weighted by molar-refractivity contribution is 5.52. The molecule has 0 amide bonds. The van der Waals surface area contributed by atoms with Crippen LogP contribution in [0.4, 0.5) is 10.1 Å². The molecule has 5 rings (SSSR count). The summed E-state index contributed by atoms with van der Waals surface area (Å²) in [6, 6.07) is 20.7. The van der Waals surface area contributed by atoms with Crippen LogP contribution in [0.3, 0.4) is 0 Å². The van der Waals surface area contributed by atoms with E-state index in [2.05, 4.69) is 61.7 Å². The number of carbonyl (C=O) groups is 1. The van der Waals surface area contributed by atoms with Gasteiger partial charge in [-0.1, -0.05) is 51.0 Å². The van der Waals surface area contributed by atoms with Crippen LogP contribution in [0.1, 0.15) is 75.0 Å². The molecule has 2 aliphatic heterocycles. The van der Waals surface area contributed by atoms with Gasteiger partial charge in [0.15, 0.2) is 11.5 Å². The molecule has 46 heavy (non-hydrogen) atoms. The predicted octanol–water partition coefficient (Wildman–Crippen LogP) is 8.20. The summed E-state index contributed by atoms with van der Waals surface area (Å²) in [6.07, 6.45) is 16.8. The Morgan fingerprint density at radius 2 is 1.76 bits per heavy atom. The van der Waals surface area contributed by atoms with E-state index in [0.29, 0.717) is 31.3 Å². The summed E-state index contributed by atoms with van der Waals surface area (Å²) in [6.45, 7) is 7.93. The van der Waals surface area contributed by atoms with Crippen molar-refractivity contribution in [2.45, 2.75) is 83.7 Å². The molecule has 1 unspecified atom stereocenters. The van der Waals surface area contributed by atoms with Crippen molar-refractivity contribution in [1.82, 2.24) is 4.90 Å². The quantitative estimate of drug-likeness (QED) is 0.140. The SMILES string of the molecule is C#C.CCCC(CCC)N(C)c1ccc(F)c(C)c1.COc1ccccc1CCC1C[C@@H](c2ccc3c(c2)OCO3)CN1CC=O. The average molecular weight is 631 g/mol. The molecule has 3 aromatic rings. The van der Waals surface area contributed by atoms with Crippen LogP contribution in [-0.4, -0.2) is 57.3 Å². The number of benzene rings is 3. The van der Waals surface area contributed by atoms with Crippen LogP contribution in [0.5, 0.6) is 17.2 Å². The number of hydrogen-bond donors (Lipinski definition) is 0. The van der Waals surface area contributed by atoms with Crippen molar-refractivity contribution in [3.8, 4) is 30.1 Å². The summed E-state index contributed by atoms with van der Waals surface area (Å²) < 4.78 is 29.7. The molecule has 0 saturated carbocycles. The highest BCUT2D eigenvalue weighted by Gasteiger charge is 2.33. The molecule has 1 fully saturated rings. The number of anilines is 1. The maximum Gasteiger partial charge on any atom is 0.231 e. The van der Waals surface area contributed by atoms with E-state index in [0.717, 1.165) is 60.6 Å². The molecule has 0 aromatic heterocycles. The first kappa shape index (κ1) is 36.4. The van der Waals surface area contributed by atoms with Gasteiger partial charge in [-0.3, -0.25) is 4.90 Å². The number of hydrogen-bond acceptors (Lipinski definition) is 6. The monoisotopic (exact) mass is 630 g/mol. The fourth-order valence-corrected chi connectivity index (χ4v) is 6.50. The van der Waals surface area contributed by atoms with Gasteiger partial charge in [0.1, 0.15) is 17.9 Å². The van der Waals surface area contributed by atoms with Gasteiger partial charge in [0, 0.05) is 31.4 Å². The summed E-state index contributed by atoms with van der Waals surface area (Å²) in [4.78, 5) is 15.8. The standard InChI is InChI=1S/C22H25NO4.C15H24FN.C2H2/c1-25-20-5-3-2-4-16(20)6-8-19-12-18(14-23(19)10-11-24)17-7-9-21-22(13-17)27-15-26-21;1-5-7-13(8-6-2)17(4)14-9-10-15(16)12(3)11-14;1-2/h2-5,7,9,11,13,18-19H,6,8,10,12,14-15H2,1H3;9-11,13H,5-8H2,1-4H3;1-2H/t18-,19?;;/m1../s1. The van der Waals surface area contributed by atoms with Gasteiger partial charge in [-0.2, -0.15) is 0 Å². The number of carbonyl (C=O) groups excluding carboxylic acids is 1. The normalized spacial score (nSPS) is 16.6. The molecule has 6 nitrogen and oxygen atoms in total. The molecule has 1 saturated heterocycles. The minimum Gasteiger partial charge on any atom is -0.496 e. The lowest BCUT2D eigenvalue weighted by Crippen LogP contribution is -2.31. The Morgan fingerprint density at radius 3 is 2.43 bits per heavy atom. The topological polar surface area (TPSA) is 51.2 Å². The molecule has 0 aliphatic carbocycles. The van der Waals surface area contributed by atoms with Gasteiger partial charge < -0.3 is 23.9 Å². The Bertz CT molecular complexity index is 1390. The Morgan fingerprint density at radius 1 is 1.04 bits per heavy atom. The number of likely N-dealkylation sites (tertiary alicyclic amines) is 1. The number of rotatable bonds is 13. The van der Waals surface area contributed by atoms with E-state index in [1.165, 1.54) is 36.8 Å². The summed E-state index contributed by atoms with van der Waals surface area (Å²) >= 11 is 0. The first-order valence-electron chi connectivity index (χ1n) is 16.4. The number of halogens is 1. The molecule has 248 valence electrons. The molecule has 3 aromatic carbocycles. The maximum atomic E-state index is 13.2. The third-order valence-electron chi connectivity index (χ3n) is 8.98. The second kappa shape index (κ2) is 18.8. The summed E-state index contributed by atoms with van der Waals surface area (Å²) in [5.41, 5.74) is 4.32. The van der Waals surface area contributed by atoms with Gasteiger partial charge in [-0.25, -0.2) is 4.39 Å². The molecule has 0 N–H and O–H groups in total. The lowest BCUT2D eigenvalue weighted by Gasteiger charge is -2.30. The van der Waals surface area contributed by atoms with Crippen LogP contribution < -0.4 is 19.1 Å². The highest BCUT2D eigenvalue weighted by atomic mass is 19.1. The predicted molar refractivity (Wildman–Crippen MR) is 186 cm³/mol. The zero-order valence-corrected chi connectivity index (χ0v) is 28.2. The van der Waals surface area contributed by atoms with Crippen molar-refractivity contribution in [2.75, 3.05) is 38.9 Å². The number of terminal acetylenes is 1. The molecular weight excluding hydrogens is 579 g/mol. The highest BCUT2D eigenvalue weighted by Crippen LogP contribution is 2.39. The van der Waals surface area contributed by atoms with E-state index in [1.807, 2.05) is 43.3 Å². The third kappa shape index (κ3) is 9.74. The van der Waals surface area contributed by atoms with Crippen molar-refractivity contribution < 1.29 is 23.4 Å². The van der Waals surface area contributed by atoms with Crippen molar-refractivity contribution in [3.05, 3.63) is 83.2 Å². The fourth-order valence-electron chi connectivity index (χ4n) is 6.50. The van der Waals surface area contributed by atoms with Gasteiger partial charge in [-0.15, -0.1) is 12.8 Å². The van der Waals surface area contributed by atoms with Crippen LogP contribution in [0.15, 0.2) is 60.7 Å². The first-order valence-corrected chi connectivity index (χ1v) is 16.4. The zero-order chi connectivity index (χ0) is 33.5. The minimum absolute atomic E-state index is 0.121. The Labute approximate surface area is 275 Å². The van der Waals surface area contributed by atoms with E-state index >= 15 is 0 Å². The van der Waals surface area contributed by atoms with Crippen LogP contribution in [0, 0.1) is 25.6 Å². The molecular formula is C39H51FN2O4. The lowest BCUT2D eigenvalue weighted by molar-refractivity contribution is -0.109. The number of aryl methyl sites for hydroxylation is 2. The summed E-state index contributed by atoms with van der Waals surface area (Å²) in [5, 5.41) is 0. The average Bonchev–Trinajstić information content (AvgIpc) is 3.73. The van der Waals surface area contributed by atoms with E-state index in [9.17, 15) is 9.18 Å². The Balaban J connectivity index is 0.000000263. The molecule has 2 atom stereocenters. The van der Waals surface area contributed by atoms with Gasteiger partial charge in [0.25, 0.3) is 0 Å². The van der Waals surface area contributed by atoms with Crippen LogP contribution in [-0.2, 0) is 11.2 Å². The third-order valence-corrected chi connectivity index (χ3v) is 8.98. The van der Waals surface area contributed by atoms with E-state index in [4.69, 9.17) is 14.2 Å².